The largest absolute Gasteiger partial charge is 0.310 e. The van der Waals surface area contributed by atoms with Gasteiger partial charge in [0.1, 0.15) is 0 Å². The normalized spacial score (nSPS) is 26.8. The average molecular weight is 189 g/mol. The van der Waals surface area contributed by atoms with Crippen LogP contribution in [0.4, 0.5) is 0 Å². The van der Waals surface area contributed by atoms with E-state index in [4.69, 9.17) is 0 Å². The van der Waals surface area contributed by atoms with Gasteiger partial charge in [0.25, 0.3) is 0 Å². The van der Waals surface area contributed by atoms with Gasteiger partial charge in [-0.15, -0.1) is 0 Å². The van der Waals surface area contributed by atoms with Crippen molar-refractivity contribution in [1.29, 1.82) is 0 Å². The monoisotopic (exact) mass is 189 g/mol. The highest BCUT2D eigenvalue weighted by Crippen LogP contribution is 2.29. The summed E-state index contributed by atoms with van der Waals surface area (Å²) in [4.78, 5) is 0. The van der Waals surface area contributed by atoms with Crippen LogP contribution in [0.2, 0.25) is 0 Å². The highest BCUT2D eigenvalue weighted by Gasteiger charge is 2.23. The minimum Gasteiger partial charge on any atom is -0.310 e. The van der Waals surface area contributed by atoms with Crippen molar-refractivity contribution in [2.75, 3.05) is 6.54 Å². The zero-order chi connectivity index (χ0) is 10.1. The zero-order valence-corrected chi connectivity index (χ0v) is 9.30. The maximum atomic E-state index is 3.59. The number of aryl methyl sites for hydroxylation is 1. The Morgan fingerprint density at radius 3 is 2.71 bits per heavy atom. The summed E-state index contributed by atoms with van der Waals surface area (Å²) in [5.74, 6) is 0.819. The standard InChI is InChI=1S/C13H19N/c1-9-7-13(14-8-9)12-6-4-5-10(2)11(12)3/h4-6,9,13-14H,7-8H2,1-3H3. The molecule has 1 fully saturated rings. The Morgan fingerprint density at radius 1 is 1.29 bits per heavy atom. The molecule has 1 aromatic carbocycles. The molecule has 0 spiro atoms. The van der Waals surface area contributed by atoms with Gasteiger partial charge in [-0.05, 0) is 49.4 Å². The molecule has 0 amide bonds. The van der Waals surface area contributed by atoms with E-state index in [-0.39, 0.29) is 0 Å². The van der Waals surface area contributed by atoms with Gasteiger partial charge in [-0.3, -0.25) is 0 Å². The van der Waals surface area contributed by atoms with E-state index in [9.17, 15) is 0 Å². The van der Waals surface area contributed by atoms with E-state index in [2.05, 4.69) is 44.3 Å². The quantitative estimate of drug-likeness (QED) is 0.716. The molecule has 1 heterocycles. The van der Waals surface area contributed by atoms with Crippen LogP contribution in [0.1, 0.15) is 36.1 Å². The van der Waals surface area contributed by atoms with Crippen molar-refractivity contribution in [1.82, 2.24) is 5.32 Å². The summed E-state index contributed by atoms with van der Waals surface area (Å²) in [6.07, 6.45) is 1.28. The first kappa shape index (κ1) is 9.72. The summed E-state index contributed by atoms with van der Waals surface area (Å²) in [6, 6.07) is 7.21. The van der Waals surface area contributed by atoms with Gasteiger partial charge in [0, 0.05) is 6.04 Å². The molecule has 1 aliphatic heterocycles. The first-order valence-electron chi connectivity index (χ1n) is 5.48. The van der Waals surface area contributed by atoms with Gasteiger partial charge in [-0.2, -0.15) is 0 Å². The average Bonchev–Trinajstić information content (AvgIpc) is 2.57. The van der Waals surface area contributed by atoms with E-state index >= 15 is 0 Å². The summed E-state index contributed by atoms with van der Waals surface area (Å²) in [6.45, 7) is 7.91. The van der Waals surface area contributed by atoms with Crippen molar-refractivity contribution >= 4 is 0 Å². The third kappa shape index (κ3) is 1.69. The van der Waals surface area contributed by atoms with Gasteiger partial charge in [-0.25, -0.2) is 0 Å². The third-order valence-electron chi connectivity index (χ3n) is 3.37. The van der Waals surface area contributed by atoms with Crippen LogP contribution in [0.15, 0.2) is 18.2 Å². The van der Waals surface area contributed by atoms with Crippen LogP contribution in [-0.2, 0) is 0 Å². The fourth-order valence-electron chi connectivity index (χ4n) is 2.30. The number of benzene rings is 1. The Kier molecular flexibility index (Phi) is 2.60. The van der Waals surface area contributed by atoms with Crippen LogP contribution in [0.3, 0.4) is 0 Å². The van der Waals surface area contributed by atoms with E-state index in [1.807, 2.05) is 0 Å². The van der Waals surface area contributed by atoms with E-state index < -0.39 is 0 Å². The minimum absolute atomic E-state index is 0.588. The van der Waals surface area contributed by atoms with E-state index in [1.54, 1.807) is 0 Å². The molecule has 1 heteroatoms. The van der Waals surface area contributed by atoms with Crippen molar-refractivity contribution in [2.24, 2.45) is 5.92 Å². The number of hydrogen-bond acceptors (Lipinski definition) is 1. The molecule has 1 saturated heterocycles. The van der Waals surface area contributed by atoms with Gasteiger partial charge in [0.15, 0.2) is 0 Å². The van der Waals surface area contributed by atoms with E-state index in [1.165, 1.54) is 23.1 Å². The molecule has 2 rings (SSSR count). The molecule has 2 unspecified atom stereocenters. The zero-order valence-electron chi connectivity index (χ0n) is 9.30. The van der Waals surface area contributed by atoms with Gasteiger partial charge >= 0.3 is 0 Å². The second kappa shape index (κ2) is 3.74. The molecule has 76 valence electrons. The van der Waals surface area contributed by atoms with Gasteiger partial charge < -0.3 is 5.32 Å². The van der Waals surface area contributed by atoms with Gasteiger partial charge in [0.2, 0.25) is 0 Å². The predicted molar refractivity (Wildman–Crippen MR) is 60.4 cm³/mol. The summed E-state index contributed by atoms with van der Waals surface area (Å²) in [7, 11) is 0. The predicted octanol–water partition coefficient (Wildman–Crippen LogP) is 2.97. The van der Waals surface area contributed by atoms with Crippen LogP contribution in [-0.4, -0.2) is 6.54 Å². The van der Waals surface area contributed by atoms with Crippen molar-refractivity contribution in [3.63, 3.8) is 0 Å². The lowest BCUT2D eigenvalue weighted by Gasteiger charge is -2.15. The Hall–Kier alpha value is -0.820. The minimum atomic E-state index is 0.588. The van der Waals surface area contributed by atoms with Gasteiger partial charge in [-0.1, -0.05) is 25.1 Å². The molecule has 0 aromatic heterocycles. The van der Waals surface area contributed by atoms with Crippen LogP contribution in [0.25, 0.3) is 0 Å². The molecule has 14 heavy (non-hydrogen) atoms. The van der Waals surface area contributed by atoms with Crippen LogP contribution in [0, 0.1) is 19.8 Å². The molecular weight excluding hydrogens is 170 g/mol. The highest BCUT2D eigenvalue weighted by atomic mass is 14.9. The number of nitrogens with one attached hydrogen (secondary N) is 1. The van der Waals surface area contributed by atoms with E-state index in [0.29, 0.717) is 6.04 Å². The maximum Gasteiger partial charge on any atom is 0.0326 e. The maximum absolute atomic E-state index is 3.59. The highest BCUT2D eigenvalue weighted by molar-refractivity contribution is 5.35. The summed E-state index contributed by atoms with van der Waals surface area (Å²) < 4.78 is 0. The number of hydrogen-bond donors (Lipinski definition) is 1. The Morgan fingerprint density at radius 2 is 2.07 bits per heavy atom. The lowest BCUT2D eigenvalue weighted by molar-refractivity contribution is 0.609. The third-order valence-corrected chi connectivity index (χ3v) is 3.37. The SMILES string of the molecule is Cc1cccc(C2CC(C)CN2)c1C. The molecule has 0 radical (unpaired) electrons. The fraction of sp³-hybridized carbons (Fsp3) is 0.538. The molecule has 1 aliphatic rings. The Balaban J connectivity index is 2.28. The van der Waals surface area contributed by atoms with Crippen molar-refractivity contribution in [3.8, 4) is 0 Å². The summed E-state index contributed by atoms with van der Waals surface area (Å²) in [5.41, 5.74) is 4.36. The fourth-order valence-corrected chi connectivity index (χ4v) is 2.30. The lowest BCUT2D eigenvalue weighted by atomic mass is 9.95. The molecule has 1 nitrogen and oxygen atoms in total. The first-order valence-corrected chi connectivity index (χ1v) is 5.48. The molecule has 0 bridgehead atoms. The first-order chi connectivity index (χ1) is 6.68. The van der Waals surface area contributed by atoms with E-state index in [0.717, 1.165) is 12.5 Å². The van der Waals surface area contributed by atoms with Crippen molar-refractivity contribution in [2.45, 2.75) is 33.2 Å². The van der Waals surface area contributed by atoms with Crippen LogP contribution < -0.4 is 5.32 Å². The number of rotatable bonds is 1. The topological polar surface area (TPSA) is 12.0 Å². The van der Waals surface area contributed by atoms with Gasteiger partial charge in [0.05, 0.1) is 0 Å². The smallest absolute Gasteiger partial charge is 0.0326 e. The second-order valence-electron chi connectivity index (χ2n) is 4.59. The van der Waals surface area contributed by atoms with Crippen LogP contribution in [0.5, 0.6) is 0 Å². The molecular formula is C13H19N. The summed E-state index contributed by atoms with van der Waals surface area (Å²) >= 11 is 0. The molecule has 2 atom stereocenters. The Bertz CT molecular complexity index is 330. The summed E-state index contributed by atoms with van der Waals surface area (Å²) in [5, 5.41) is 3.59. The Labute approximate surface area is 86.5 Å². The molecule has 0 aliphatic carbocycles. The molecule has 1 N–H and O–H groups in total. The van der Waals surface area contributed by atoms with Crippen molar-refractivity contribution < 1.29 is 0 Å². The molecule has 0 saturated carbocycles. The van der Waals surface area contributed by atoms with Crippen LogP contribution >= 0.6 is 0 Å². The van der Waals surface area contributed by atoms with Crippen molar-refractivity contribution in [3.05, 3.63) is 34.9 Å². The lowest BCUT2D eigenvalue weighted by Crippen LogP contribution is -2.14. The molecule has 1 aromatic rings. The second-order valence-corrected chi connectivity index (χ2v) is 4.59.